The molecule has 0 unspecified atom stereocenters. The number of unbranched alkanes of at least 4 members (excludes halogenated alkanes) is 16. The van der Waals surface area contributed by atoms with Crippen LogP contribution in [-0.2, 0) is 19.1 Å². The predicted octanol–water partition coefficient (Wildman–Crippen LogP) is 8.77. The normalized spacial score (nSPS) is 11.4. The first-order valence-electron chi connectivity index (χ1n) is 17.2. The van der Waals surface area contributed by atoms with Crippen LogP contribution in [0.5, 0.6) is 0 Å². The first kappa shape index (κ1) is 38.9. The second-order valence-corrected chi connectivity index (χ2v) is 11.7. The summed E-state index contributed by atoms with van der Waals surface area (Å²) in [6, 6.07) is 0. The van der Waals surface area contributed by atoms with Gasteiger partial charge in [0.25, 0.3) is 0 Å². The third kappa shape index (κ3) is 27.1. The molecule has 0 radical (unpaired) electrons. The number of hydrogen-bond donors (Lipinski definition) is 1. The highest BCUT2D eigenvalue weighted by Gasteiger charge is 2.15. The number of carbonyl (C=O) groups excluding carboxylic acids is 2. The summed E-state index contributed by atoms with van der Waals surface area (Å²) >= 11 is 0. The SMILES string of the molecule is CCCCCCCCC(CCCCCCCC)OC(=O)CCCN(CCO)CCCCCCCCCC(=O)OC. The quantitative estimate of drug-likeness (QED) is 0.0664. The smallest absolute Gasteiger partial charge is 0.306 e. The van der Waals surface area contributed by atoms with E-state index in [1.54, 1.807) is 0 Å². The largest absolute Gasteiger partial charge is 0.469 e. The van der Waals surface area contributed by atoms with Crippen molar-refractivity contribution in [3.8, 4) is 0 Å². The summed E-state index contributed by atoms with van der Waals surface area (Å²) < 4.78 is 10.7. The monoisotopic (exact) mass is 570 g/mol. The Labute approximate surface area is 248 Å². The van der Waals surface area contributed by atoms with Crippen molar-refractivity contribution in [3.63, 3.8) is 0 Å². The average Bonchev–Trinajstić information content (AvgIpc) is 2.95. The van der Waals surface area contributed by atoms with E-state index in [1.807, 2.05) is 0 Å². The maximum Gasteiger partial charge on any atom is 0.306 e. The Morgan fingerprint density at radius 2 is 1.02 bits per heavy atom. The Morgan fingerprint density at radius 3 is 1.55 bits per heavy atom. The molecule has 0 heterocycles. The van der Waals surface area contributed by atoms with Gasteiger partial charge in [0.1, 0.15) is 6.10 Å². The van der Waals surface area contributed by atoms with Gasteiger partial charge < -0.3 is 19.5 Å². The topological polar surface area (TPSA) is 76.1 Å². The molecular weight excluding hydrogens is 502 g/mol. The Morgan fingerprint density at radius 1 is 0.575 bits per heavy atom. The Balaban J connectivity index is 4.19. The molecule has 0 aliphatic carbocycles. The number of rotatable bonds is 31. The molecule has 0 saturated heterocycles. The number of nitrogens with zero attached hydrogens (tertiary/aromatic N) is 1. The molecule has 40 heavy (non-hydrogen) atoms. The van der Waals surface area contributed by atoms with Crippen LogP contribution in [0.25, 0.3) is 0 Å². The lowest BCUT2D eigenvalue weighted by Gasteiger charge is -2.22. The van der Waals surface area contributed by atoms with Gasteiger partial charge in [0.05, 0.1) is 13.7 Å². The third-order valence-corrected chi connectivity index (χ3v) is 7.91. The molecule has 6 heteroatoms. The van der Waals surface area contributed by atoms with Gasteiger partial charge in [-0.3, -0.25) is 9.59 Å². The number of hydrogen-bond acceptors (Lipinski definition) is 6. The molecule has 0 aromatic heterocycles. The zero-order valence-corrected chi connectivity index (χ0v) is 26.9. The highest BCUT2D eigenvalue weighted by atomic mass is 16.5. The van der Waals surface area contributed by atoms with Crippen LogP contribution in [0.2, 0.25) is 0 Å². The summed E-state index contributed by atoms with van der Waals surface area (Å²) in [5.41, 5.74) is 0. The highest BCUT2D eigenvalue weighted by Crippen LogP contribution is 2.18. The maximum absolute atomic E-state index is 12.7. The van der Waals surface area contributed by atoms with Gasteiger partial charge >= 0.3 is 11.9 Å². The minimum atomic E-state index is -0.113. The van der Waals surface area contributed by atoms with Crippen molar-refractivity contribution >= 4 is 11.9 Å². The Hall–Kier alpha value is -1.14. The van der Waals surface area contributed by atoms with E-state index in [0.717, 1.165) is 70.9 Å². The van der Waals surface area contributed by atoms with Crippen molar-refractivity contribution < 1.29 is 24.2 Å². The van der Waals surface area contributed by atoms with Gasteiger partial charge in [-0.2, -0.15) is 0 Å². The van der Waals surface area contributed by atoms with Gasteiger partial charge in [-0.05, 0) is 58.0 Å². The number of ether oxygens (including phenoxy) is 2. The lowest BCUT2D eigenvalue weighted by molar-refractivity contribution is -0.150. The van der Waals surface area contributed by atoms with E-state index in [4.69, 9.17) is 4.74 Å². The minimum absolute atomic E-state index is 0.0434. The minimum Gasteiger partial charge on any atom is -0.469 e. The van der Waals surface area contributed by atoms with Crippen molar-refractivity contribution in [3.05, 3.63) is 0 Å². The van der Waals surface area contributed by atoms with E-state index in [0.29, 0.717) is 19.4 Å². The molecule has 0 atom stereocenters. The number of aliphatic hydroxyl groups excluding tert-OH is 1. The van der Waals surface area contributed by atoms with E-state index in [1.165, 1.54) is 90.6 Å². The molecule has 0 rings (SSSR count). The lowest BCUT2D eigenvalue weighted by Crippen LogP contribution is -2.29. The second-order valence-electron chi connectivity index (χ2n) is 11.7. The molecule has 0 spiro atoms. The summed E-state index contributed by atoms with van der Waals surface area (Å²) in [4.78, 5) is 26.1. The van der Waals surface area contributed by atoms with E-state index < -0.39 is 0 Å². The van der Waals surface area contributed by atoms with Crippen molar-refractivity contribution in [1.29, 1.82) is 0 Å². The first-order chi connectivity index (χ1) is 19.6. The third-order valence-electron chi connectivity index (χ3n) is 7.91. The van der Waals surface area contributed by atoms with Gasteiger partial charge in [0, 0.05) is 19.4 Å². The van der Waals surface area contributed by atoms with Gasteiger partial charge in [-0.25, -0.2) is 0 Å². The predicted molar refractivity (Wildman–Crippen MR) is 168 cm³/mol. The summed E-state index contributed by atoms with van der Waals surface area (Å²) in [7, 11) is 1.44. The molecule has 238 valence electrons. The molecule has 0 aromatic carbocycles. The van der Waals surface area contributed by atoms with E-state index >= 15 is 0 Å². The standard InChI is InChI=1S/C34H67NO5/c1-4-6-8-10-15-19-24-32(25-20-16-11-9-7-5-2)40-34(38)27-23-29-35(30-31-36)28-22-18-14-12-13-17-21-26-33(37)39-3/h32,36H,4-31H2,1-3H3. The van der Waals surface area contributed by atoms with E-state index in [9.17, 15) is 14.7 Å². The van der Waals surface area contributed by atoms with Crippen molar-refractivity contribution in [2.75, 3.05) is 33.4 Å². The number of aliphatic hydroxyl groups is 1. The summed E-state index contributed by atoms with van der Waals surface area (Å²) in [6.07, 6.45) is 27.0. The van der Waals surface area contributed by atoms with Crippen LogP contribution in [0.15, 0.2) is 0 Å². The van der Waals surface area contributed by atoms with Gasteiger partial charge in [0.15, 0.2) is 0 Å². The molecule has 0 amide bonds. The Bertz CT molecular complexity index is 540. The Kier molecular flexibility index (Phi) is 29.9. The zero-order chi connectivity index (χ0) is 29.5. The molecule has 6 nitrogen and oxygen atoms in total. The van der Waals surface area contributed by atoms with Gasteiger partial charge in [-0.15, -0.1) is 0 Å². The average molecular weight is 570 g/mol. The fraction of sp³-hybridized carbons (Fsp3) is 0.941. The maximum atomic E-state index is 12.7. The molecule has 0 aliphatic heterocycles. The van der Waals surface area contributed by atoms with Crippen LogP contribution in [0, 0.1) is 0 Å². The van der Waals surface area contributed by atoms with Crippen LogP contribution >= 0.6 is 0 Å². The highest BCUT2D eigenvalue weighted by molar-refractivity contribution is 5.69. The molecular formula is C34H67NO5. The number of methoxy groups -OCH3 is 1. The van der Waals surface area contributed by atoms with Gasteiger partial charge in [-0.1, -0.05) is 110 Å². The summed E-state index contributed by atoms with van der Waals surface area (Å²) in [5.74, 6) is -0.156. The number of carbonyl (C=O) groups is 2. The molecule has 0 aromatic rings. The van der Waals surface area contributed by atoms with E-state index in [2.05, 4.69) is 23.5 Å². The summed E-state index contributed by atoms with van der Waals surface area (Å²) in [6.45, 7) is 7.13. The van der Waals surface area contributed by atoms with Crippen LogP contribution in [0.3, 0.4) is 0 Å². The van der Waals surface area contributed by atoms with Crippen molar-refractivity contribution in [2.24, 2.45) is 0 Å². The van der Waals surface area contributed by atoms with Gasteiger partial charge in [0.2, 0.25) is 0 Å². The van der Waals surface area contributed by atoms with Crippen LogP contribution in [0.4, 0.5) is 0 Å². The molecule has 1 N–H and O–H groups in total. The van der Waals surface area contributed by atoms with E-state index in [-0.39, 0.29) is 24.6 Å². The molecule has 0 aliphatic rings. The lowest BCUT2D eigenvalue weighted by atomic mass is 10.0. The van der Waals surface area contributed by atoms with Crippen molar-refractivity contribution in [2.45, 2.75) is 174 Å². The second kappa shape index (κ2) is 30.8. The first-order valence-corrected chi connectivity index (χ1v) is 17.2. The summed E-state index contributed by atoms with van der Waals surface area (Å²) in [5, 5.41) is 9.48. The fourth-order valence-electron chi connectivity index (χ4n) is 5.33. The fourth-order valence-corrected chi connectivity index (χ4v) is 5.33. The molecule has 0 bridgehead atoms. The molecule has 0 saturated carbocycles. The van der Waals surface area contributed by atoms with Crippen molar-refractivity contribution in [1.82, 2.24) is 4.90 Å². The molecule has 0 fully saturated rings. The number of esters is 2. The van der Waals surface area contributed by atoms with Crippen LogP contribution < -0.4 is 0 Å². The van der Waals surface area contributed by atoms with Crippen LogP contribution in [0.1, 0.15) is 168 Å². The van der Waals surface area contributed by atoms with Crippen LogP contribution in [-0.4, -0.2) is 61.4 Å². The zero-order valence-electron chi connectivity index (χ0n) is 26.9.